The predicted molar refractivity (Wildman–Crippen MR) is 105 cm³/mol. The van der Waals surface area contributed by atoms with Crippen molar-refractivity contribution in [2.45, 2.75) is 45.1 Å². The van der Waals surface area contributed by atoms with Crippen LogP contribution in [0, 0.1) is 0 Å². The number of benzene rings is 1. The van der Waals surface area contributed by atoms with E-state index in [2.05, 4.69) is 53.6 Å². The highest BCUT2D eigenvalue weighted by Crippen LogP contribution is 2.14. The van der Waals surface area contributed by atoms with Gasteiger partial charge in [0.2, 0.25) is 0 Å². The molecule has 0 radical (unpaired) electrons. The third-order valence-electron chi connectivity index (χ3n) is 4.74. The van der Waals surface area contributed by atoms with Gasteiger partial charge in [0.15, 0.2) is 5.96 Å². The number of hydrogen-bond acceptors (Lipinski definition) is 3. The lowest BCUT2D eigenvalue weighted by atomic mass is 10.0. The van der Waals surface area contributed by atoms with Gasteiger partial charge in [0.1, 0.15) is 0 Å². The molecule has 1 fully saturated rings. The molecule has 5 heteroatoms. The molecule has 1 aromatic carbocycles. The van der Waals surface area contributed by atoms with Gasteiger partial charge in [0.05, 0.1) is 6.10 Å². The molecular weight excluding hydrogens is 312 g/mol. The Morgan fingerprint density at radius 2 is 1.96 bits per heavy atom. The van der Waals surface area contributed by atoms with Crippen molar-refractivity contribution in [3.8, 4) is 0 Å². The van der Waals surface area contributed by atoms with Crippen LogP contribution in [-0.4, -0.2) is 61.3 Å². The molecule has 3 N–H and O–H groups in total. The summed E-state index contributed by atoms with van der Waals surface area (Å²) in [6.07, 6.45) is 2.83. The van der Waals surface area contributed by atoms with Crippen LogP contribution >= 0.6 is 0 Å². The van der Waals surface area contributed by atoms with Gasteiger partial charge in [-0.05, 0) is 38.3 Å². The van der Waals surface area contributed by atoms with Crippen molar-refractivity contribution in [3.63, 3.8) is 0 Å². The molecule has 2 rings (SSSR count). The highest BCUT2D eigenvalue weighted by molar-refractivity contribution is 5.79. The van der Waals surface area contributed by atoms with Crippen LogP contribution in [0.25, 0.3) is 0 Å². The Hall–Kier alpha value is -1.59. The van der Waals surface area contributed by atoms with E-state index in [1.54, 1.807) is 0 Å². The average molecular weight is 347 g/mol. The molecule has 1 heterocycles. The number of rotatable bonds is 8. The van der Waals surface area contributed by atoms with Crippen LogP contribution in [0.5, 0.6) is 0 Å². The van der Waals surface area contributed by atoms with Crippen LogP contribution in [0.2, 0.25) is 0 Å². The summed E-state index contributed by atoms with van der Waals surface area (Å²) in [5.74, 6) is 1.32. The molecule has 0 spiro atoms. The van der Waals surface area contributed by atoms with Crippen molar-refractivity contribution >= 4 is 5.96 Å². The van der Waals surface area contributed by atoms with Crippen LogP contribution in [-0.2, 0) is 0 Å². The van der Waals surface area contributed by atoms with Crippen molar-refractivity contribution in [1.29, 1.82) is 0 Å². The summed E-state index contributed by atoms with van der Waals surface area (Å²) in [5.41, 5.74) is 1.33. The first-order valence-corrected chi connectivity index (χ1v) is 9.66. The zero-order valence-electron chi connectivity index (χ0n) is 15.7. The third kappa shape index (κ3) is 7.45. The summed E-state index contributed by atoms with van der Waals surface area (Å²) in [6.45, 7) is 10.0. The van der Waals surface area contributed by atoms with Gasteiger partial charge in [-0.15, -0.1) is 0 Å². The number of aliphatic hydroxyl groups is 1. The Kier molecular flexibility index (Phi) is 8.77. The topological polar surface area (TPSA) is 59.9 Å². The van der Waals surface area contributed by atoms with Crippen molar-refractivity contribution in [3.05, 3.63) is 35.9 Å². The third-order valence-corrected chi connectivity index (χ3v) is 4.74. The fourth-order valence-corrected chi connectivity index (χ4v) is 3.11. The Morgan fingerprint density at radius 1 is 1.24 bits per heavy atom. The average Bonchev–Trinajstić information content (AvgIpc) is 2.65. The minimum Gasteiger partial charge on any atom is -0.393 e. The minimum absolute atomic E-state index is 0.0894. The molecule has 0 amide bonds. The number of hydrogen-bond donors (Lipinski definition) is 3. The van der Waals surface area contributed by atoms with Gasteiger partial charge < -0.3 is 20.6 Å². The number of aliphatic imine (C=N–C) groups is 1. The molecule has 5 nitrogen and oxygen atoms in total. The van der Waals surface area contributed by atoms with Crippen molar-refractivity contribution in [1.82, 2.24) is 15.5 Å². The number of likely N-dealkylation sites (tertiary alicyclic amines) is 1. The molecule has 1 aliphatic heterocycles. The minimum atomic E-state index is -0.0894. The Bertz CT molecular complexity index is 498. The van der Waals surface area contributed by atoms with E-state index in [0.717, 1.165) is 64.5 Å². The first kappa shape index (κ1) is 19.7. The summed E-state index contributed by atoms with van der Waals surface area (Å²) < 4.78 is 0. The molecule has 1 aliphatic rings. The second-order valence-electron chi connectivity index (χ2n) is 6.88. The summed E-state index contributed by atoms with van der Waals surface area (Å²) >= 11 is 0. The lowest BCUT2D eigenvalue weighted by Gasteiger charge is -2.29. The molecule has 1 aromatic rings. The van der Waals surface area contributed by atoms with E-state index in [4.69, 9.17) is 4.99 Å². The molecule has 1 atom stereocenters. The quantitative estimate of drug-likeness (QED) is 0.384. The number of guanidine groups is 1. The fourth-order valence-electron chi connectivity index (χ4n) is 3.11. The second-order valence-corrected chi connectivity index (χ2v) is 6.88. The summed E-state index contributed by atoms with van der Waals surface area (Å²) in [4.78, 5) is 7.17. The first-order chi connectivity index (χ1) is 12.2. The van der Waals surface area contributed by atoms with Crippen LogP contribution in [0.3, 0.4) is 0 Å². The summed E-state index contributed by atoms with van der Waals surface area (Å²) in [5, 5.41) is 16.3. The number of aliphatic hydroxyl groups excluding tert-OH is 1. The van der Waals surface area contributed by atoms with Crippen LogP contribution in [0.15, 0.2) is 35.3 Å². The van der Waals surface area contributed by atoms with E-state index in [0.29, 0.717) is 5.92 Å². The highest BCUT2D eigenvalue weighted by atomic mass is 16.3. The predicted octanol–water partition coefficient (Wildman–Crippen LogP) is 2.19. The maximum absolute atomic E-state index is 9.55. The standard InChI is InChI=1S/C20H34N4O/c1-3-21-20(23-16-17(2)18-8-5-4-6-9-18)22-12-7-13-24-14-10-19(25)11-15-24/h4-6,8-9,17,19,25H,3,7,10-16H2,1-2H3,(H2,21,22,23). The van der Waals surface area contributed by atoms with E-state index in [9.17, 15) is 5.11 Å². The van der Waals surface area contributed by atoms with Crippen molar-refractivity contribution < 1.29 is 5.11 Å². The second kappa shape index (κ2) is 11.1. The van der Waals surface area contributed by atoms with Crippen LogP contribution in [0.1, 0.15) is 44.6 Å². The molecule has 25 heavy (non-hydrogen) atoms. The molecule has 1 saturated heterocycles. The van der Waals surface area contributed by atoms with Crippen molar-refractivity contribution in [2.24, 2.45) is 4.99 Å². The van der Waals surface area contributed by atoms with Crippen molar-refractivity contribution in [2.75, 3.05) is 39.3 Å². The molecule has 0 saturated carbocycles. The first-order valence-electron chi connectivity index (χ1n) is 9.66. The molecule has 0 aliphatic carbocycles. The van der Waals surface area contributed by atoms with Crippen LogP contribution < -0.4 is 10.6 Å². The Morgan fingerprint density at radius 3 is 2.64 bits per heavy atom. The van der Waals surface area contributed by atoms with E-state index in [1.807, 2.05) is 6.07 Å². The van der Waals surface area contributed by atoms with Gasteiger partial charge in [-0.2, -0.15) is 0 Å². The number of piperidine rings is 1. The highest BCUT2D eigenvalue weighted by Gasteiger charge is 2.16. The Labute approximate surface area is 152 Å². The zero-order chi connectivity index (χ0) is 17.9. The van der Waals surface area contributed by atoms with Crippen LogP contribution in [0.4, 0.5) is 0 Å². The molecule has 1 unspecified atom stereocenters. The SMILES string of the molecule is CCNC(=NCC(C)c1ccccc1)NCCCN1CCC(O)CC1. The monoisotopic (exact) mass is 346 g/mol. The maximum Gasteiger partial charge on any atom is 0.191 e. The van der Waals surface area contributed by atoms with E-state index >= 15 is 0 Å². The van der Waals surface area contributed by atoms with E-state index < -0.39 is 0 Å². The van der Waals surface area contributed by atoms with E-state index in [-0.39, 0.29) is 6.10 Å². The van der Waals surface area contributed by atoms with Gasteiger partial charge >= 0.3 is 0 Å². The lowest BCUT2D eigenvalue weighted by Crippen LogP contribution is -2.40. The van der Waals surface area contributed by atoms with Gasteiger partial charge in [-0.1, -0.05) is 37.3 Å². The molecular formula is C20H34N4O. The van der Waals surface area contributed by atoms with E-state index in [1.165, 1.54) is 5.56 Å². The molecule has 140 valence electrons. The largest absolute Gasteiger partial charge is 0.393 e. The van der Waals surface area contributed by atoms with Gasteiger partial charge in [0, 0.05) is 38.6 Å². The molecule has 0 bridgehead atoms. The fraction of sp³-hybridized carbons (Fsp3) is 0.650. The number of nitrogens with zero attached hydrogens (tertiary/aromatic N) is 2. The Balaban J connectivity index is 1.70. The summed E-state index contributed by atoms with van der Waals surface area (Å²) in [6, 6.07) is 10.5. The van der Waals surface area contributed by atoms with Gasteiger partial charge in [-0.25, -0.2) is 0 Å². The smallest absolute Gasteiger partial charge is 0.191 e. The summed E-state index contributed by atoms with van der Waals surface area (Å²) in [7, 11) is 0. The number of nitrogens with one attached hydrogen (secondary N) is 2. The van der Waals surface area contributed by atoms with Gasteiger partial charge in [0.25, 0.3) is 0 Å². The normalized spacial score (nSPS) is 18.1. The zero-order valence-corrected chi connectivity index (χ0v) is 15.7. The molecule has 0 aromatic heterocycles. The maximum atomic E-state index is 9.55. The lowest BCUT2D eigenvalue weighted by molar-refractivity contribution is 0.0823. The van der Waals surface area contributed by atoms with Gasteiger partial charge in [-0.3, -0.25) is 4.99 Å².